The highest BCUT2D eigenvalue weighted by Crippen LogP contribution is 2.44. The molecule has 0 spiro atoms. The van der Waals surface area contributed by atoms with Crippen molar-refractivity contribution in [3.63, 3.8) is 0 Å². The van der Waals surface area contributed by atoms with Crippen molar-refractivity contribution in [1.82, 2.24) is 14.9 Å². The molecular weight excluding hydrogens is 565 g/mol. The number of nitrogens with zero attached hydrogens (tertiary/aromatic N) is 3. The Labute approximate surface area is 249 Å². The summed E-state index contributed by atoms with van der Waals surface area (Å²) in [7, 11) is 1.58. The first kappa shape index (κ1) is 28.0. The van der Waals surface area contributed by atoms with Crippen molar-refractivity contribution in [2.45, 2.75) is 32.9 Å². The fourth-order valence-electron chi connectivity index (χ4n) is 4.71. The minimum absolute atomic E-state index is 0.109. The zero-order valence-electron chi connectivity index (χ0n) is 22.5. The number of methoxy groups -OCH3 is 1. The monoisotopic (exact) mass is 593 g/mol. The number of hydrogen-bond acceptors (Lipinski definition) is 4. The van der Waals surface area contributed by atoms with Crippen LogP contribution in [0.1, 0.15) is 44.2 Å². The SMILES string of the molecule is COc1cc(N2C(=S)N[C@H](c3ccccn3)[C@H]2c2cccn2-c2ccc(Cl)cc2Cl)ccc1NC(=O)C(C)(C)C. The van der Waals surface area contributed by atoms with E-state index >= 15 is 0 Å². The van der Waals surface area contributed by atoms with Crippen molar-refractivity contribution in [1.29, 1.82) is 0 Å². The highest BCUT2D eigenvalue weighted by molar-refractivity contribution is 7.80. The number of amides is 1. The van der Waals surface area contributed by atoms with Gasteiger partial charge >= 0.3 is 0 Å². The molecular formula is C30H29Cl2N5O2S. The second-order valence-corrected chi connectivity index (χ2v) is 11.7. The second-order valence-electron chi connectivity index (χ2n) is 10.5. The lowest BCUT2D eigenvalue weighted by molar-refractivity contribution is -0.123. The molecule has 1 fully saturated rings. The number of halogens is 2. The number of thiocarbonyl (C=S) groups is 1. The summed E-state index contributed by atoms with van der Waals surface area (Å²) >= 11 is 18.7. The summed E-state index contributed by atoms with van der Waals surface area (Å²) in [6.45, 7) is 5.59. The van der Waals surface area contributed by atoms with Crippen molar-refractivity contribution >= 4 is 57.8 Å². The van der Waals surface area contributed by atoms with Gasteiger partial charge in [-0.15, -0.1) is 0 Å². The van der Waals surface area contributed by atoms with Crippen LogP contribution in [0, 0.1) is 5.41 Å². The molecule has 0 unspecified atom stereocenters. The Hall–Kier alpha value is -3.59. The van der Waals surface area contributed by atoms with E-state index in [9.17, 15) is 4.79 Å². The molecule has 3 heterocycles. The van der Waals surface area contributed by atoms with E-state index in [0.29, 0.717) is 26.6 Å². The van der Waals surface area contributed by atoms with Crippen LogP contribution < -0.4 is 20.3 Å². The fourth-order valence-corrected chi connectivity index (χ4v) is 5.55. The summed E-state index contributed by atoms with van der Waals surface area (Å²) in [6, 6.07) is 20.3. The van der Waals surface area contributed by atoms with E-state index in [-0.39, 0.29) is 18.0 Å². The predicted octanol–water partition coefficient (Wildman–Crippen LogP) is 7.35. The van der Waals surface area contributed by atoms with Crippen molar-refractivity contribution in [3.8, 4) is 11.4 Å². The van der Waals surface area contributed by atoms with Crippen LogP contribution in [-0.2, 0) is 4.79 Å². The molecule has 10 heteroatoms. The first-order valence-electron chi connectivity index (χ1n) is 12.7. The molecule has 1 aliphatic rings. The third-order valence-electron chi connectivity index (χ3n) is 6.74. The van der Waals surface area contributed by atoms with E-state index < -0.39 is 5.41 Å². The van der Waals surface area contributed by atoms with E-state index in [0.717, 1.165) is 22.8 Å². The zero-order valence-corrected chi connectivity index (χ0v) is 24.8. The van der Waals surface area contributed by atoms with Gasteiger partial charge in [0.05, 0.1) is 35.2 Å². The van der Waals surface area contributed by atoms with E-state index in [1.54, 1.807) is 19.4 Å². The molecule has 0 radical (unpaired) electrons. The topological polar surface area (TPSA) is 71.4 Å². The lowest BCUT2D eigenvalue weighted by Crippen LogP contribution is -2.30. The Kier molecular flexibility index (Phi) is 7.77. The Bertz CT molecular complexity index is 1570. The Morgan fingerprint density at radius 2 is 1.88 bits per heavy atom. The van der Waals surface area contributed by atoms with E-state index in [1.165, 1.54) is 0 Å². The summed E-state index contributed by atoms with van der Waals surface area (Å²) in [5.41, 5.74) is 3.39. The van der Waals surface area contributed by atoms with Crippen LogP contribution in [0.5, 0.6) is 5.75 Å². The van der Waals surface area contributed by atoms with Crippen LogP contribution in [0.4, 0.5) is 11.4 Å². The molecule has 2 N–H and O–H groups in total. The number of pyridine rings is 1. The molecule has 206 valence electrons. The number of carbonyl (C=O) groups excluding carboxylic acids is 1. The second kappa shape index (κ2) is 11.1. The molecule has 0 aliphatic carbocycles. The van der Waals surface area contributed by atoms with Crippen molar-refractivity contribution in [2.24, 2.45) is 5.41 Å². The smallest absolute Gasteiger partial charge is 0.229 e. The quantitative estimate of drug-likeness (QED) is 0.228. The van der Waals surface area contributed by atoms with E-state index in [4.69, 9.17) is 40.2 Å². The minimum Gasteiger partial charge on any atom is -0.494 e. The lowest BCUT2D eigenvalue weighted by Gasteiger charge is -2.29. The van der Waals surface area contributed by atoms with Crippen LogP contribution in [0.2, 0.25) is 10.0 Å². The van der Waals surface area contributed by atoms with Crippen molar-refractivity contribution < 1.29 is 9.53 Å². The molecule has 5 rings (SSSR count). The third-order valence-corrected chi connectivity index (χ3v) is 7.60. The Morgan fingerprint density at radius 3 is 2.55 bits per heavy atom. The number of hydrogen-bond donors (Lipinski definition) is 2. The van der Waals surface area contributed by atoms with E-state index in [1.807, 2.05) is 97.1 Å². The van der Waals surface area contributed by atoms with Gasteiger partial charge < -0.3 is 24.8 Å². The first-order chi connectivity index (χ1) is 19.1. The number of benzene rings is 2. The Balaban J connectivity index is 1.62. The molecule has 2 aromatic carbocycles. The maximum absolute atomic E-state index is 12.7. The van der Waals surface area contributed by atoms with Gasteiger partial charge in [0.1, 0.15) is 11.8 Å². The third kappa shape index (κ3) is 5.39. The molecule has 0 bridgehead atoms. The number of nitrogens with one attached hydrogen (secondary N) is 2. The summed E-state index contributed by atoms with van der Waals surface area (Å²) in [5, 5.41) is 8.07. The van der Waals surface area contributed by atoms with Gasteiger partial charge in [-0.2, -0.15) is 0 Å². The maximum Gasteiger partial charge on any atom is 0.229 e. The summed E-state index contributed by atoms with van der Waals surface area (Å²) in [4.78, 5) is 19.4. The van der Waals surface area contributed by atoms with Crippen LogP contribution in [0.3, 0.4) is 0 Å². The maximum atomic E-state index is 12.7. The summed E-state index contributed by atoms with van der Waals surface area (Å²) in [5.74, 6) is 0.414. The predicted molar refractivity (Wildman–Crippen MR) is 165 cm³/mol. The van der Waals surface area contributed by atoms with Gasteiger partial charge in [0.15, 0.2) is 5.11 Å². The van der Waals surface area contributed by atoms with Gasteiger partial charge in [-0.05, 0) is 66.8 Å². The van der Waals surface area contributed by atoms with Gasteiger partial charge in [-0.25, -0.2) is 0 Å². The van der Waals surface area contributed by atoms with Crippen LogP contribution in [0.15, 0.2) is 79.1 Å². The average Bonchev–Trinajstić information content (AvgIpc) is 3.53. The molecule has 2 aromatic heterocycles. The molecule has 4 aromatic rings. The highest BCUT2D eigenvalue weighted by Gasteiger charge is 2.42. The number of ether oxygens (including phenoxy) is 1. The average molecular weight is 595 g/mol. The van der Waals surface area contributed by atoms with Crippen LogP contribution in [-0.4, -0.2) is 27.7 Å². The van der Waals surface area contributed by atoms with Gasteiger partial charge in [0.2, 0.25) is 5.91 Å². The molecule has 1 aliphatic heterocycles. The highest BCUT2D eigenvalue weighted by atomic mass is 35.5. The molecule has 1 amide bonds. The van der Waals surface area contributed by atoms with Gasteiger partial charge in [0.25, 0.3) is 0 Å². The standard InChI is InChI=1S/C30H29Cl2N5O2S/c1-30(2,3)28(38)34-21-12-11-19(17-25(21)39-4)37-27(26(35-29(37)40)22-8-5-6-14-33-22)24-9-7-15-36(24)23-13-10-18(31)16-20(23)32/h5-17,26-27H,1-4H3,(H,34,38)(H,35,40)/t26-,27-/m1/s1. The normalized spacial score (nSPS) is 17.1. The number of carbonyl (C=O) groups is 1. The van der Waals surface area contributed by atoms with Gasteiger partial charge in [0, 0.05) is 40.3 Å². The first-order valence-corrected chi connectivity index (χ1v) is 13.9. The largest absolute Gasteiger partial charge is 0.494 e. The van der Waals surface area contributed by atoms with E-state index in [2.05, 4.69) is 15.6 Å². The van der Waals surface area contributed by atoms with Crippen molar-refractivity contribution in [3.05, 3.63) is 101 Å². The summed E-state index contributed by atoms with van der Waals surface area (Å²) in [6.07, 6.45) is 3.73. The molecule has 2 atom stereocenters. The van der Waals surface area contributed by atoms with Crippen molar-refractivity contribution in [2.75, 3.05) is 17.3 Å². The zero-order chi connectivity index (χ0) is 28.6. The van der Waals surface area contributed by atoms with Gasteiger partial charge in [-0.1, -0.05) is 50.0 Å². The van der Waals surface area contributed by atoms with Gasteiger partial charge in [-0.3, -0.25) is 9.78 Å². The summed E-state index contributed by atoms with van der Waals surface area (Å²) < 4.78 is 7.74. The number of rotatable bonds is 6. The Morgan fingerprint density at radius 1 is 1.07 bits per heavy atom. The number of anilines is 2. The molecule has 7 nitrogen and oxygen atoms in total. The number of aromatic nitrogens is 2. The minimum atomic E-state index is -0.556. The van der Waals surface area contributed by atoms with Crippen LogP contribution >= 0.6 is 35.4 Å². The van der Waals surface area contributed by atoms with Crippen LogP contribution in [0.25, 0.3) is 5.69 Å². The molecule has 1 saturated heterocycles. The molecule has 0 saturated carbocycles. The lowest BCUT2D eigenvalue weighted by atomic mass is 9.95. The molecule has 40 heavy (non-hydrogen) atoms. The fraction of sp³-hybridized carbons (Fsp3) is 0.233.